The van der Waals surface area contributed by atoms with Crippen molar-refractivity contribution in [3.8, 4) is 0 Å². The Morgan fingerprint density at radius 1 is 1.33 bits per heavy atom. The van der Waals surface area contributed by atoms with Crippen LogP contribution in [-0.2, 0) is 4.74 Å². The van der Waals surface area contributed by atoms with Gasteiger partial charge < -0.3 is 4.74 Å². The van der Waals surface area contributed by atoms with Gasteiger partial charge >= 0.3 is 0 Å². The summed E-state index contributed by atoms with van der Waals surface area (Å²) in [5.41, 5.74) is 1.29. The molecule has 0 aromatic heterocycles. The number of hydrogen-bond acceptors (Lipinski definition) is 1. The van der Waals surface area contributed by atoms with Crippen LogP contribution < -0.4 is 0 Å². The van der Waals surface area contributed by atoms with E-state index in [-0.39, 0.29) is 0 Å². The Kier molecular flexibility index (Phi) is 6.30. The largest absolute Gasteiger partial charge is 0.382 e. The molecule has 0 saturated heterocycles. The number of rotatable bonds is 6. The zero-order valence-electron chi connectivity index (χ0n) is 8.88. The SMILES string of the molecule is CCOCCC(CCl)c1ccc(Br)cc1. The molecule has 0 aliphatic heterocycles. The molecule has 0 radical (unpaired) electrons. The van der Waals surface area contributed by atoms with Crippen molar-refractivity contribution in [2.75, 3.05) is 19.1 Å². The Balaban J connectivity index is 2.53. The maximum absolute atomic E-state index is 5.95. The Hall–Kier alpha value is -0.0500. The molecule has 1 aromatic rings. The fourth-order valence-electron chi connectivity index (χ4n) is 1.44. The first kappa shape index (κ1) is 13.0. The number of hydrogen-bond donors (Lipinski definition) is 0. The van der Waals surface area contributed by atoms with Gasteiger partial charge in [0.1, 0.15) is 0 Å². The second kappa shape index (κ2) is 7.26. The molecule has 1 unspecified atom stereocenters. The third-order valence-corrected chi connectivity index (χ3v) is 3.24. The third kappa shape index (κ3) is 4.54. The molecule has 0 aliphatic rings. The van der Waals surface area contributed by atoms with Crippen molar-refractivity contribution in [2.24, 2.45) is 0 Å². The van der Waals surface area contributed by atoms with E-state index >= 15 is 0 Å². The van der Waals surface area contributed by atoms with E-state index in [0.717, 1.165) is 24.1 Å². The lowest BCUT2D eigenvalue weighted by atomic mass is 9.98. The lowest BCUT2D eigenvalue weighted by Gasteiger charge is -2.14. The molecule has 1 aromatic carbocycles. The average molecular weight is 292 g/mol. The lowest BCUT2D eigenvalue weighted by molar-refractivity contribution is 0.141. The number of benzene rings is 1. The summed E-state index contributed by atoms with van der Waals surface area (Å²) in [6.07, 6.45) is 0.985. The molecule has 0 aliphatic carbocycles. The first-order valence-electron chi connectivity index (χ1n) is 5.17. The van der Waals surface area contributed by atoms with Crippen molar-refractivity contribution in [1.82, 2.24) is 0 Å². The summed E-state index contributed by atoms with van der Waals surface area (Å²) in [6, 6.07) is 8.33. The van der Waals surface area contributed by atoms with Crippen molar-refractivity contribution in [3.63, 3.8) is 0 Å². The maximum Gasteiger partial charge on any atom is 0.0472 e. The van der Waals surface area contributed by atoms with Gasteiger partial charge in [-0.25, -0.2) is 0 Å². The van der Waals surface area contributed by atoms with Crippen molar-refractivity contribution >= 4 is 27.5 Å². The van der Waals surface area contributed by atoms with Gasteiger partial charge in [0.15, 0.2) is 0 Å². The highest BCUT2D eigenvalue weighted by Crippen LogP contribution is 2.23. The maximum atomic E-state index is 5.95. The minimum absolute atomic E-state index is 0.395. The van der Waals surface area contributed by atoms with E-state index < -0.39 is 0 Å². The molecule has 0 N–H and O–H groups in total. The average Bonchev–Trinajstić information content (AvgIpc) is 2.26. The Labute approximate surface area is 105 Å². The summed E-state index contributed by atoms with van der Waals surface area (Å²) < 4.78 is 6.44. The monoisotopic (exact) mass is 290 g/mol. The standard InChI is InChI=1S/C12H16BrClO/c1-2-15-8-7-11(9-14)10-3-5-12(13)6-4-10/h3-6,11H,2,7-9H2,1H3. The summed E-state index contributed by atoms with van der Waals surface area (Å²) in [7, 11) is 0. The highest BCUT2D eigenvalue weighted by molar-refractivity contribution is 9.10. The molecule has 0 spiro atoms. The van der Waals surface area contributed by atoms with Crippen LogP contribution in [0.2, 0.25) is 0 Å². The van der Waals surface area contributed by atoms with Crippen LogP contribution in [0.5, 0.6) is 0 Å². The van der Waals surface area contributed by atoms with Crippen molar-refractivity contribution in [3.05, 3.63) is 34.3 Å². The normalized spacial score (nSPS) is 12.7. The fourth-order valence-corrected chi connectivity index (χ4v) is 2.03. The molecule has 0 bridgehead atoms. The molecule has 0 fully saturated rings. The summed E-state index contributed by atoms with van der Waals surface area (Å²) in [5, 5.41) is 0. The Morgan fingerprint density at radius 2 is 2.00 bits per heavy atom. The van der Waals surface area contributed by atoms with Gasteiger partial charge in [0.05, 0.1) is 0 Å². The van der Waals surface area contributed by atoms with Crippen LogP contribution in [-0.4, -0.2) is 19.1 Å². The molecule has 1 atom stereocenters. The second-order valence-corrected chi connectivity index (χ2v) is 4.61. The molecule has 0 saturated carbocycles. The van der Waals surface area contributed by atoms with E-state index in [4.69, 9.17) is 16.3 Å². The van der Waals surface area contributed by atoms with Crippen LogP contribution in [0.25, 0.3) is 0 Å². The Morgan fingerprint density at radius 3 is 2.53 bits per heavy atom. The molecule has 0 amide bonds. The number of ether oxygens (including phenoxy) is 1. The topological polar surface area (TPSA) is 9.23 Å². The van der Waals surface area contributed by atoms with E-state index in [0.29, 0.717) is 11.8 Å². The molecular weight excluding hydrogens is 275 g/mol. The van der Waals surface area contributed by atoms with Crippen molar-refractivity contribution < 1.29 is 4.74 Å². The predicted molar refractivity (Wildman–Crippen MR) is 68.7 cm³/mol. The fraction of sp³-hybridized carbons (Fsp3) is 0.500. The quantitative estimate of drug-likeness (QED) is 0.564. The Bertz CT molecular complexity index is 273. The van der Waals surface area contributed by atoms with Gasteiger partial charge in [-0.15, -0.1) is 11.6 Å². The third-order valence-electron chi connectivity index (χ3n) is 2.34. The second-order valence-electron chi connectivity index (χ2n) is 3.39. The van der Waals surface area contributed by atoms with E-state index in [2.05, 4.69) is 40.2 Å². The van der Waals surface area contributed by atoms with Gasteiger partial charge in [-0.05, 0) is 37.0 Å². The molecule has 84 valence electrons. The van der Waals surface area contributed by atoms with Crippen LogP contribution in [0.15, 0.2) is 28.7 Å². The summed E-state index contributed by atoms with van der Waals surface area (Å²) in [4.78, 5) is 0. The number of halogens is 2. The van der Waals surface area contributed by atoms with Gasteiger partial charge in [0, 0.05) is 23.6 Å². The molecule has 1 nitrogen and oxygen atoms in total. The minimum atomic E-state index is 0.395. The zero-order valence-corrected chi connectivity index (χ0v) is 11.2. The van der Waals surface area contributed by atoms with Crippen molar-refractivity contribution in [1.29, 1.82) is 0 Å². The summed E-state index contributed by atoms with van der Waals surface area (Å²) in [6.45, 7) is 3.56. The van der Waals surface area contributed by atoms with Crippen molar-refractivity contribution in [2.45, 2.75) is 19.3 Å². The predicted octanol–water partition coefficient (Wildman–Crippen LogP) is 4.20. The first-order valence-corrected chi connectivity index (χ1v) is 6.49. The van der Waals surface area contributed by atoms with Crippen LogP contribution in [0, 0.1) is 0 Å². The van der Waals surface area contributed by atoms with Crippen LogP contribution in [0.4, 0.5) is 0 Å². The van der Waals surface area contributed by atoms with Crippen LogP contribution in [0.1, 0.15) is 24.8 Å². The summed E-state index contributed by atoms with van der Waals surface area (Å²) in [5.74, 6) is 1.04. The molecule has 3 heteroatoms. The highest BCUT2D eigenvalue weighted by Gasteiger charge is 2.09. The first-order chi connectivity index (χ1) is 7.27. The smallest absolute Gasteiger partial charge is 0.0472 e. The van der Waals surface area contributed by atoms with Gasteiger partial charge in [-0.2, -0.15) is 0 Å². The molecule has 0 heterocycles. The van der Waals surface area contributed by atoms with E-state index in [1.165, 1.54) is 5.56 Å². The molecule has 15 heavy (non-hydrogen) atoms. The molecular formula is C12H16BrClO. The lowest BCUT2D eigenvalue weighted by Crippen LogP contribution is -2.05. The van der Waals surface area contributed by atoms with E-state index in [1.54, 1.807) is 0 Å². The van der Waals surface area contributed by atoms with Gasteiger partial charge in [0.25, 0.3) is 0 Å². The number of alkyl halides is 1. The summed E-state index contributed by atoms with van der Waals surface area (Å²) >= 11 is 9.38. The van der Waals surface area contributed by atoms with Gasteiger partial charge in [0.2, 0.25) is 0 Å². The van der Waals surface area contributed by atoms with Gasteiger partial charge in [-0.3, -0.25) is 0 Å². The highest BCUT2D eigenvalue weighted by atomic mass is 79.9. The van der Waals surface area contributed by atoms with Crippen LogP contribution in [0.3, 0.4) is 0 Å². The molecule has 1 rings (SSSR count). The van der Waals surface area contributed by atoms with E-state index in [1.807, 2.05) is 6.92 Å². The van der Waals surface area contributed by atoms with Gasteiger partial charge in [-0.1, -0.05) is 28.1 Å². The van der Waals surface area contributed by atoms with E-state index in [9.17, 15) is 0 Å². The zero-order chi connectivity index (χ0) is 11.1. The minimum Gasteiger partial charge on any atom is -0.382 e. The van der Waals surface area contributed by atoms with Crippen LogP contribution >= 0.6 is 27.5 Å².